The van der Waals surface area contributed by atoms with E-state index in [9.17, 15) is 14.0 Å². The molecule has 2 aromatic rings. The van der Waals surface area contributed by atoms with Crippen LogP contribution in [0, 0.1) is 18.7 Å². The zero-order valence-electron chi connectivity index (χ0n) is 18.7. The Morgan fingerprint density at radius 3 is 2.48 bits per heavy atom. The van der Waals surface area contributed by atoms with Crippen LogP contribution in [0.5, 0.6) is 0 Å². The number of aromatic nitrogens is 2. The predicted molar refractivity (Wildman–Crippen MR) is 115 cm³/mol. The quantitative estimate of drug-likeness (QED) is 0.730. The fourth-order valence-electron chi connectivity index (χ4n) is 4.48. The number of hydrogen-bond acceptors (Lipinski definition) is 4. The molecule has 2 heterocycles. The van der Waals surface area contributed by atoms with Gasteiger partial charge in [0.2, 0.25) is 0 Å². The average molecular weight is 428 g/mol. The van der Waals surface area contributed by atoms with Crippen molar-refractivity contribution in [1.29, 1.82) is 0 Å². The van der Waals surface area contributed by atoms with Crippen LogP contribution in [0.15, 0.2) is 29.1 Å². The molecule has 4 rings (SSSR count). The molecule has 0 saturated heterocycles. The Balaban J connectivity index is 1.69. The molecular weight excluding hydrogens is 397 g/mol. The van der Waals surface area contributed by atoms with Crippen LogP contribution in [-0.4, -0.2) is 32.7 Å². The number of carbonyl (C=O) groups excluding carboxylic acids is 1. The van der Waals surface area contributed by atoms with E-state index >= 15 is 0 Å². The van der Waals surface area contributed by atoms with Crippen molar-refractivity contribution in [1.82, 2.24) is 14.5 Å². The minimum Gasteiger partial charge on any atom is -0.444 e. The topological polar surface area (TPSA) is 64.4 Å². The smallest absolute Gasteiger partial charge is 0.410 e. The van der Waals surface area contributed by atoms with Crippen molar-refractivity contribution in [3.63, 3.8) is 0 Å². The fraction of sp³-hybridized carbons (Fsp3) is 0.542. The molecule has 166 valence electrons. The molecule has 1 aliphatic heterocycles. The number of carbonyl (C=O) groups is 1. The Kier molecular flexibility index (Phi) is 5.62. The van der Waals surface area contributed by atoms with Crippen LogP contribution in [-0.2, 0) is 17.7 Å². The molecule has 1 unspecified atom stereocenters. The molecule has 1 aromatic heterocycles. The number of halogens is 1. The maximum absolute atomic E-state index is 13.6. The summed E-state index contributed by atoms with van der Waals surface area (Å²) in [5.74, 6) is 0.672. The molecule has 1 fully saturated rings. The van der Waals surface area contributed by atoms with Crippen LogP contribution in [0.1, 0.15) is 68.7 Å². The molecule has 2 aliphatic rings. The van der Waals surface area contributed by atoms with Crippen LogP contribution < -0.4 is 5.56 Å². The predicted octanol–water partition coefficient (Wildman–Crippen LogP) is 4.37. The standard InChI is InChI=1S/C24H30FN3O3/c1-15-26-20-14-27(23(30)31-24(2,3)4)13-12-19(20)22(29)28(15)21(16-6-5-7-16)17-8-10-18(25)11-9-17/h8-11,16,21H,5-7,12-14H2,1-4H3. The van der Waals surface area contributed by atoms with Crippen LogP contribution in [0.25, 0.3) is 0 Å². The number of rotatable bonds is 3. The zero-order valence-corrected chi connectivity index (χ0v) is 18.7. The number of ether oxygens (including phenoxy) is 1. The lowest BCUT2D eigenvalue weighted by Gasteiger charge is -2.37. The van der Waals surface area contributed by atoms with E-state index in [0.29, 0.717) is 36.0 Å². The SMILES string of the molecule is Cc1nc2c(c(=O)n1C(c1ccc(F)cc1)C1CCC1)CCN(C(=O)OC(C)(C)C)C2. The maximum atomic E-state index is 13.6. The van der Waals surface area contributed by atoms with E-state index in [1.54, 1.807) is 21.6 Å². The lowest BCUT2D eigenvalue weighted by atomic mass is 9.77. The van der Waals surface area contributed by atoms with E-state index < -0.39 is 5.60 Å². The third kappa shape index (κ3) is 4.36. The van der Waals surface area contributed by atoms with Crippen molar-refractivity contribution in [2.75, 3.05) is 6.54 Å². The van der Waals surface area contributed by atoms with Gasteiger partial charge in [-0.1, -0.05) is 18.6 Å². The Labute approximate surface area is 182 Å². The van der Waals surface area contributed by atoms with Crippen molar-refractivity contribution >= 4 is 6.09 Å². The monoisotopic (exact) mass is 427 g/mol. The van der Waals surface area contributed by atoms with E-state index in [0.717, 1.165) is 24.8 Å². The van der Waals surface area contributed by atoms with Crippen LogP contribution in [0.4, 0.5) is 9.18 Å². The average Bonchev–Trinajstić information content (AvgIpc) is 2.64. The van der Waals surface area contributed by atoms with Crippen molar-refractivity contribution in [3.05, 3.63) is 63.1 Å². The van der Waals surface area contributed by atoms with E-state index in [2.05, 4.69) is 0 Å². The Bertz CT molecular complexity index is 1040. The van der Waals surface area contributed by atoms with Gasteiger partial charge in [-0.25, -0.2) is 14.2 Å². The van der Waals surface area contributed by atoms with Gasteiger partial charge in [-0.2, -0.15) is 0 Å². The van der Waals surface area contributed by atoms with Gasteiger partial charge in [-0.3, -0.25) is 9.36 Å². The van der Waals surface area contributed by atoms with Gasteiger partial charge in [0.05, 0.1) is 18.3 Å². The highest BCUT2D eigenvalue weighted by molar-refractivity contribution is 5.68. The molecule has 1 aromatic carbocycles. The summed E-state index contributed by atoms with van der Waals surface area (Å²) in [5.41, 5.74) is 1.62. The molecule has 0 radical (unpaired) electrons. The van der Waals surface area contributed by atoms with Gasteiger partial charge in [0.1, 0.15) is 17.2 Å². The first kappa shape index (κ1) is 21.5. The molecule has 1 amide bonds. The van der Waals surface area contributed by atoms with Gasteiger partial charge >= 0.3 is 6.09 Å². The third-order valence-electron chi connectivity index (χ3n) is 6.18. The van der Waals surface area contributed by atoms with Gasteiger partial charge in [-0.15, -0.1) is 0 Å². The lowest BCUT2D eigenvalue weighted by molar-refractivity contribution is 0.0219. The van der Waals surface area contributed by atoms with Crippen molar-refractivity contribution < 1.29 is 13.9 Å². The first-order valence-corrected chi connectivity index (χ1v) is 11.0. The molecule has 0 bridgehead atoms. The highest BCUT2D eigenvalue weighted by atomic mass is 19.1. The van der Waals surface area contributed by atoms with Gasteiger partial charge in [-0.05, 0) is 70.6 Å². The number of benzene rings is 1. The summed E-state index contributed by atoms with van der Waals surface area (Å²) in [7, 11) is 0. The summed E-state index contributed by atoms with van der Waals surface area (Å²) in [4.78, 5) is 32.4. The summed E-state index contributed by atoms with van der Waals surface area (Å²) in [6.07, 6.45) is 3.27. The molecule has 6 nitrogen and oxygen atoms in total. The first-order valence-electron chi connectivity index (χ1n) is 11.0. The summed E-state index contributed by atoms with van der Waals surface area (Å²) in [5, 5.41) is 0. The summed E-state index contributed by atoms with van der Waals surface area (Å²) < 4.78 is 20.8. The van der Waals surface area contributed by atoms with E-state index in [4.69, 9.17) is 9.72 Å². The zero-order chi connectivity index (χ0) is 22.3. The van der Waals surface area contributed by atoms with Crippen LogP contribution in [0.2, 0.25) is 0 Å². The van der Waals surface area contributed by atoms with Crippen LogP contribution >= 0.6 is 0 Å². The van der Waals surface area contributed by atoms with E-state index in [1.807, 2.05) is 27.7 Å². The maximum Gasteiger partial charge on any atom is 0.410 e. The van der Waals surface area contributed by atoms with Gasteiger partial charge < -0.3 is 9.64 Å². The largest absolute Gasteiger partial charge is 0.444 e. The molecule has 7 heteroatoms. The number of hydrogen-bond donors (Lipinski definition) is 0. The molecule has 0 N–H and O–H groups in total. The fourth-order valence-corrected chi connectivity index (χ4v) is 4.48. The number of amides is 1. The van der Waals surface area contributed by atoms with Gasteiger partial charge in [0.15, 0.2) is 0 Å². The summed E-state index contributed by atoms with van der Waals surface area (Å²) in [6, 6.07) is 6.29. The van der Waals surface area contributed by atoms with Gasteiger partial charge in [0, 0.05) is 12.1 Å². The summed E-state index contributed by atoms with van der Waals surface area (Å²) >= 11 is 0. The first-order chi connectivity index (χ1) is 14.6. The number of fused-ring (bicyclic) bond motifs is 1. The number of aryl methyl sites for hydroxylation is 1. The third-order valence-corrected chi connectivity index (χ3v) is 6.18. The molecule has 1 saturated carbocycles. The Morgan fingerprint density at radius 1 is 1.23 bits per heavy atom. The van der Waals surface area contributed by atoms with Crippen molar-refractivity contribution in [2.24, 2.45) is 5.92 Å². The Morgan fingerprint density at radius 2 is 1.90 bits per heavy atom. The number of nitrogens with zero attached hydrogens (tertiary/aromatic N) is 3. The van der Waals surface area contributed by atoms with Crippen LogP contribution in [0.3, 0.4) is 0 Å². The minimum atomic E-state index is -0.574. The second-order valence-corrected chi connectivity index (χ2v) is 9.60. The van der Waals surface area contributed by atoms with Crippen molar-refractivity contribution in [2.45, 2.75) is 71.6 Å². The molecular formula is C24H30FN3O3. The molecule has 31 heavy (non-hydrogen) atoms. The lowest BCUT2D eigenvalue weighted by Crippen LogP contribution is -2.44. The summed E-state index contributed by atoms with van der Waals surface area (Å²) in [6.45, 7) is 8.03. The second-order valence-electron chi connectivity index (χ2n) is 9.60. The van der Waals surface area contributed by atoms with Crippen molar-refractivity contribution in [3.8, 4) is 0 Å². The molecule has 1 aliphatic carbocycles. The van der Waals surface area contributed by atoms with E-state index in [-0.39, 0.29) is 30.1 Å². The molecule has 1 atom stereocenters. The second kappa shape index (κ2) is 8.09. The molecule has 0 spiro atoms. The van der Waals surface area contributed by atoms with Gasteiger partial charge in [0.25, 0.3) is 5.56 Å². The normalized spacial score (nSPS) is 17.6. The highest BCUT2D eigenvalue weighted by Gasteiger charge is 2.34. The minimum absolute atomic E-state index is 0.0486. The Hall–Kier alpha value is -2.70. The highest BCUT2D eigenvalue weighted by Crippen LogP contribution is 2.40. The van der Waals surface area contributed by atoms with E-state index in [1.165, 1.54) is 12.1 Å².